The van der Waals surface area contributed by atoms with Gasteiger partial charge in [-0.1, -0.05) is 19.1 Å². The van der Waals surface area contributed by atoms with Crippen molar-refractivity contribution in [3.8, 4) is 0 Å². The number of hydrogen-bond donors (Lipinski definition) is 1. The number of benzene rings is 2. The molecule has 0 radical (unpaired) electrons. The van der Waals surface area contributed by atoms with Crippen LogP contribution in [-0.2, 0) is 30.4 Å². The van der Waals surface area contributed by atoms with E-state index in [4.69, 9.17) is 5.10 Å². The monoisotopic (exact) mass is 455 g/mol. The van der Waals surface area contributed by atoms with E-state index in [1.54, 1.807) is 12.1 Å². The lowest BCUT2D eigenvalue weighted by atomic mass is 10.1. The number of aromatic nitrogens is 2. The second-order valence-electron chi connectivity index (χ2n) is 8.19. The Balaban J connectivity index is 1.45. The summed E-state index contributed by atoms with van der Waals surface area (Å²) >= 11 is 0. The molecule has 0 aliphatic heterocycles. The van der Waals surface area contributed by atoms with Gasteiger partial charge in [-0.2, -0.15) is 18.3 Å². The topological polar surface area (TPSA) is 64.0 Å². The molecule has 4 rings (SSSR count). The molecule has 1 saturated carbocycles. The van der Waals surface area contributed by atoms with Gasteiger partial charge in [0.05, 0.1) is 17.8 Å². The Morgan fingerprint density at radius 3 is 2.33 bits per heavy atom. The van der Waals surface area contributed by atoms with Gasteiger partial charge in [-0.15, -0.1) is 0 Å². The summed E-state index contributed by atoms with van der Waals surface area (Å²) in [6, 6.07) is 11.3. The molecule has 1 N–H and O–H groups in total. The quantitative estimate of drug-likeness (QED) is 0.464. The van der Waals surface area contributed by atoms with Gasteiger partial charge in [0.15, 0.2) is 0 Å². The van der Waals surface area contributed by atoms with Crippen LogP contribution in [0, 0.1) is 0 Å². The zero-order valence-electron chi connectivity index (χ0n) is 18.2. The molecule has 0 bridgehead atoms. The van der Waals surface area contributed by atoms with Crippen molar-refractivity contribution >= 4 is 17.9 Å². The Labute approximate surface area is 189 Å². The molecule has 8 heteroatoms. The fraction of sp³-hybridized carbons (Fsp3) is 0.320. The van der Waals surface area contributed by atoms with Crippen molar-refractivity contribution in [1.82, 2.24) is 9.78 Å². The summed E-state index contributed by atoms with van der Waals surface area (Å²) in [5.41, 5.74) is 4.04. The maximum Gasteiger partial charge on any atom is 0.416 e. The molecule has 3 aromatic rings. The van der Waals surface area contributed by atoms with Gasteiger partial charge in [-0.05, 0) is 61.2 Å². The van der Waals surface area contributed by atoms with E-state index in [9.17, 15) is 22.8 Å². The minimum absolute atomic E-state index is 0.145. The van der Waals surface area contributed by atoms with Gasteiger partial charge >= 0.3 is 6.18 Å². The van der Waals surface area contributed by atoms with Crippen LogP contribution in [0.4, 0.5) is 18.9 Å². The fourth-order valence-electron chi connectivity index (χ4n) is 3.95. The van der Waals surface area contributed by atoms with Gasteiger partial charge in [-0.3, -0.25) is 9.48 Å². The number of halogens is 3. The number of carbonyl (C=O) groups is 2. The van der Waals surface area contributed by atoms with E-state index in [2.05, 4.69) is 12.2 Å². The van der Waals surface area contributed by atoms with Crippen LogP contribution in [0.25, 0.3) is 0 Å². The van der Waals surface area contributed by atoms with Crippen molar-refractivity contribution in [1.29, 1.82) is 0 Å². The second-order valence-corrected chi connectivity index (χ2v) is 8.19. The molecular weight excluding hydrogens is 431 g/mol. The lowest BCUT2D eigenvalue weighted by molar-refractivity contribution is -0.137. The van der Waals surface area contributed by atoms with Crippen molar-refractivity contribution < 1.29 is 22.8 Å². The largest absolute Gasteiger partial charge is 0.416 e. The highest BCUT2D eigenvalue weighted by Gasteiger charge is 2.31. The van der Waals surface area contributed by atoms with E-state index in [1.165, 1.54) is 0 Å². The Bertz CT molecular complexity index is 1150. The normalized spacial score (nSPS) is 13.7. The minimum atomic E-state index is -4.44. The van der Waals surface area contributed by atoms with E-state index in [1.807, 2.05) is 16.8 Å². The summed E-state index contributed by atoms with van der Waals surface area (Å²) in [6.07, 6.45) is -0.127. The van der Waals surface area contributed by atoms with Crippen molar-refractivity contribution in [3.05, 3.63) is 82.2 Å². The SMILES string of the molecule is CCc1c(CC=O)c(C2CC2)nn1Cc1ccc(NC(=O)c2ccc(C(F)(F)F)cc2)cc1. The molecule has 1 aliphatic rings. The molecule has 0 saturated heterocycles. The van der Waals surface area contributed by atoms with E-state index >= 15 is 0 Å². The Kier molecular flexibility index (Phi) is 6.35. The summed E-state index contributed by atoms with van der Waals surface area (Å²) in [4.78, 5) is 23.5. The van der Waals surface area contributed by atoms with E-state index < -0.39 is 17.6 Å². The van der Waals surface area contributed by atoms with Gasteiger partial charge in [0, 0.05) is 34.8 Å². The lowest BCUT2D eigenvalue weighted by Gasteiger charge is -2.10. The number of anilines is 1. The highest BCUT2D eigenvalue weighted by atomic mass is 19.4. The zero-order chi connectivity index (χ0) is 23.6. The van der Waals surface area contributed by atoms with Crippen molar-refractivity contribution in [2.75, 3.05) is 5.32 Å². The number of alkyl halides is 3. The molecule has 5 nitrogen and oxygen atoms in total. The maximum absolute atomic E-state index is 12.7. The van der Waals surface area contributed by atoms with Crippen molar-refractivity contribution in [2.24, 2.45) is 0 Å². The highest BCUT2D eigenvalue weighted by Crippen LogP contribution is 2.42. The highest BCUT2D eigenvalue weighted by molar-refractivity contribution is 6.04. The molecule has 1 aromatic heterocycles. The van der Waals surface area contributed by atoms with Crippen molar-refractivity contribution in [2.45, 2.75) is 51.2 Å². The number of hydrogen-bond acceptors (Lipinski definition) is 3. The summed E-state index contributed by atoms with van der Waals surface area (Å²) < 4.78 is 40.0. The molecule has 0 atom stereocenters. The minimum Gasteiger partial charge on any atom is -0.322 e. The van der Waals surface area contributed by atoms with Crippen LogP contribution >= 0.6 is 0 Å². The molecule has 172 valence electrons. The molecule has 0 unspecified atom stereocenters. The predicted octanol–water partition coefficient (Wildman–Crippen LogP) is 5.38. The van der Waals surface area contributed by atoms with Crippen LogP contribution in [-0.4, -0.2) is 22.0 Å². The van der Waals surface area contributed by atoms with Crippen LogP contribution in [0.15, 0.2) is 48.5 Å². The van der Waals surface area contributed by atoms with Gasteiger partial charge in [0.2, 0.25) is 0 Å². The average Bonchev–Trinajstić information content (AvgIpc) is 3.58. The Hall–Kier alpha value is -3.42. The summed E-state index contributed by atoms with van der Waals surface area (Å²) in [5.74, 6) is -0.0290. The number of nitrogens with one attached hydrogen (secondary N) is 1. The second kappa shape index (κ2) is 9.21. The molecule has 1 heterocycles. The van der Waals surface area contributed by atoms with Crippen LogP contribution in [0.2, 0.25) is 0 Å². The lowest BCUT2D eigenvalue weighted by Crippen LogP contribution is -2.13. The fourth-order valence-corrected chi connectivity index (χ4v) is 3.95. The van der Waals surface area contributed by atoms with Gasteiger partial charge in [0.1, 0.15) is 6.29 Å². The van der Waals surface area contributed by atoms with Gasteiger partial charge < -0.3 is 10.1 Å². The molecule has 1 fully saturated rings. The van der Waals surface area contributed by atoms with E-state index in [0.717, 1.165) is 72.3 Å². The maximum atomic E-state index is 12.7. The van der Waals surface area contributed by atoms with E-state index in [0.29, 0.717) is 24.6 Å². The van der Waals surface area contributed by atoms with E-state index in [-0.39, 0.29) is 5.56 Å². The molecule has 2 aromatic carbocycles. The first kappa shape index (κ1) is 22.8. The third kappa shape index (κ3) is 5.16. The Morgan fingerprint density at radius 1 is 1.12 bits per heavy atom. The number of nitrogens with zero attached hydrogens (tertiary/aromatic N) is 2. The number of aldehydes is 1. The van der Waals surface area contributed by atoms with Gasteiger partial charge in [-0.25, -0.2) is 0 Å². The Morgan fingerprint density at radius 2 is 1.79 bits per heavy atom. The molecular formula is C25H24F3N3O2. The number of carbonyl (C=O) groups excluding carboxylic acids is 2. The predicted molar refractivity (Wildman–Crippen MR) is 118 cm³/mol. The first-order chi connectivity index (χ1) is 15.8. The standard InChI is InChI=1S/C25H24F3N3O2/c1-2-22-21(13-14-32)23(17-5-6-17)30-31(22)15-16-3-11-20(12-4-16)29-24(33)18-7-9-19(10-8-18)25(26,27)28/h3-4,7-12,14,17H,2,5-6,13,15H2,1H3,(H,29,33). The molecule has 1 amide bonds. The third-order valence-corrected chi connectivity index (χ3v) is 5.80. The number of amides is 1. The van der Waals surface area contributed by atoms with Crippen molar-refractivity contribution in [3.63, 3.8) is 0 Å². The third-order valence-electron chi connectivity index (χ3n) is 5.80. The van der Waals surface area contributed by atoms with Crippen LogP contribution < -0.4 is 5.32 Å². The zero-order valence-corrected chi connectivity index (χ0v) is 18.2. The van der Waals surface area contributed by atoms with Crippen LogP contribution in [0.5, 0.6) is 0 Å². The smallest absolute Gasteiger partial charge is 0.322 e. The summed E-state index contributed by atoms with van der Waals surface area (Å²) in [7, 11) is 0. The molecule has 33 heavy (non-hydrogen) atoms. The summed E-state index contributed by atoms with van der Waals surface area (Å²) in [5, 5.41) is 7.50. The van der Waals surface area contributed by atoms with Crippen LogP contribution in [0.3, 0.4) is 0 Å². The first-order valence-electron chi connectivity index (χ1n) is 10.9. The van der Waals surface area contributed by atoms with Crippen LogP contribution in [0.1, 0.15) is 64.1 Å². The average molecular weight is 455 g/mol. The number of rotatable bonds is 8. The first-order valence-corrected chi connectivity index (χ1v) is 10.9. The molecule has 1 aliphatic carbocycles. The van der Waals surface area contributed by atoms with Gasteiger partial charge in [0.25, 0.3) is 5.91 Å². The molecule has 0 spiro atoms. The summed E-state index contributed by atoms with van der Waals surface area (Å²) in [6.45, 7) is 2.60.